The highest BCUT2D eigenvalue weighted by atomic mass is 16.5. The average molecular weight is 342 g/mol. The van der Waals surface area contributed by atoms with Crippen LogP contribution in [0, 0.1) is 6.92 Å². The van der Waals surface area contributed by atoms with Gasteiger partial charge in [-0.15, -0.1) is 0 Å². The Labute approximate surface area is 149 Å². The minimum Gasteiger partial charge on any atom is -0.493 e. The van der Waals surface area contributed by atoms with Crippen LogP contribution in [-0.4, -0.2) is 26.7 Å². The molecule has 0 aliphatic heterocycles. The van der Waals surface area contributed by atoms with E-state index in [0.29, 0.717) is 31.0 Å². The fraction of sp³-hybridized carbons (Fsp3) is 0.350. The molecule has 0 spiro atoms. The van der Waals surface area contributed by atoms with Gasteiger partial charge < -0.3 is 20.1 Å². The molecule has 0 radical (unpaired) electrons. The number of aryl methyl sites for hydroxylation is 1. The van der Waals surface area contributed by atoms with E-state index >= 15 is 0 Å². The van der Waals surface area contributed by atoms with Crippen molar-refractivity contribution in [1.29, 1.82) is 0 Å². The molecule has 0 unspecified atom stereocenters. The smallest absolute Gasteiger partial charge is 0.221 e. The zero-order valence-electron chi connectivity index (χ0n) is 15.1. The first-order valence-corrected chi connectivity index (χ1v) is 8.37. The van der Waals surface area contributed by atoms with Crippen LogP contribution in [-0.2, 0) is 17.9 Å². The van der Waals surface area contributed by atoms with Crippen LogP contribution in [0.2, 0.25) is 0 Å². The third-order valence-corrected chi connectivity index (χ3v) is 4.04. The fourth-order valence-corrected chi connectivity index (χ4v) is 2.51. The number of rotatable bonds is 9. The molecule has 25 heavy (non-hydrogen) atoms. The molecular formula is C20H26N2O3. The van der Waals surface area contributed by atoms with E-state index in [1.165, 1.54) is 11.1 Å². The third-order valence-electron chi connectivity index (χ3n) is 4.04. The quantitative estimate of drug-likeness (QED) is 0.688. The second-order valence-corrected chi connectivity index (χ2v) is 5.82. The van der Waals surface area contributed by atoms with E-state index in [1.807, 2.05) is 30.3 Å². The van der Waals surface area contributed by atoms with Crippen molar-refractivity contribution < 1.29 is 14.3 Å². The van der Waals surface area contributed by atoms with E-state index < -0.39 is 0 Å². The minimum atomic E-state index is 0.0204. The Kier molecular flexibility index (Phi) is 7.29. The van der Waals surface area contributed by atoms with Gasteiger partial charge >= 0.3 is 0 Å². The lowest BCUT2D eigenvalue weighted by Gasteiger charge is -2.11. The van der Waals surface area contributed by atoms with Gasteiger partial charge in [-0.25, -0.2) is 0 Å². The first-order valence-electron chi connectivity index (χ1n) is 8.37. The highest BCUT2D eigenvalue weighted by Gasteiger charge is 2.06. The van der Waals surface area contributed by atoms with Crippen LogP contribution in [0.3, 0.4) is 0 Å². The molecule has 2 aromatic carbocycles. The van der Waals surface area contributed by atoms with Crippen LogP contribution >= 0.6 is 0 Å². The van der Waals surface area contributed by atoms with Crippen molar-refractivity contribution in [2.75, 3.05) is 20.8 Å². The number of amides is 1. The number of nitrogens with one attached hydrogen (secondary N) is 2. The number of carbonyl (C=O) groups is 1. The number of carbonyl (C=O) groups excluding carboxylic acids is 1. The summed E-state index contributed by atoms with van der Waals surface area (Å²) < 4.78 is 10.5. The van der Waals surface area contributed by atoms with Gasteiger partial charge in [0.05, 0.1) is 14.2 Å². The lowest BCUT2D eigenvalue weighted by Crippen LogP contribution is -2.27. The first-order chi connectivity index (χ1) is 12.1. The maximum atomic E-state index is 12.0. The first kappa shape index (κ1) is 18.8. The highest BCUT2D eigenvalue weighted by molar-refractivity contribution is 5.76. The van der Waals surface area contributed by atoms with Crippen molar-refractivity contribution in [3.05, 3.63) is 59.2 Å². The Morgan fingerprint density at radius 3 is 2.48 bits per heavy atom. The van der Waals surface area contributed by atoms with Crippen LogP contribution in [0.5, 0.6) is 11.5 Å². The summed E-state index contributed by atoms with van der Waals surface area (Å²) in [5.41, 5.74) is 3.49. The number of benzene rings is 2. The molecule has 0 saturated carbocycles. The maximum Gasteiger partial charge on any atom is 0.221 e. The molecule has 134 valence electrons. The molecule has 5 nitrogen and oxygen atoms in total. The van der Waals surface area contributed by atoms with Crippen molar-refractivity contribution in [2.45, 2.75) is 26.4 Å². The molecule has 2 rings (SSSR count). The zero-order chi connectivity index (χ0) is 18.1. The van der Waals surface area contributed by atoms with Gasteiger partial charge in [-0.2, -0.15) is 0 Å². The van der Waals surface area contributed by atoms with Crippen LogP contribution in [0.25, 0.3) is 0 Å². The van der Waals surface area contributed by atoms with E-state index in [0.717, 1.165) is 12.1 Å². The predicted molar refractivity (Wildman–Crippen MR) is 98.9 cm³/mol. The molecule has 2 N–H and O–H groups in total. The van der Waals surface area contributed by atoms with Gasteiger partial charge in [0.2, 0.25) is 5.91 Å². The Bertz CT molecular complexity index is 701. The monoisotopic (exact) mass is 342 g/mol. The maximum absolute atomic E-state index is 12.0. The largest absolute Gasteiger partial charge is 0.493 e. The molecule has 0 heterocycles. The van der Waals surface area contributed by atoms with E-state index in [-0.39, 0.29) is 5.91 Å². The Balaban J connectivity index is 1.71. The lowest BCUT2D eigenvalue weighted by molar-refractivity contribution is -0.121. The van der Waals surface area contributed by atoms with Gasteiger partial charge in [-0.05, 0) is 35.7 Å². The summed E-state index contributed by atoms with van der Waals surface area (Å²) in [5.74, 6) is 1.36. The van der Waals surface area contributed by atoms with Crippen LogP contribution in [0.15, 0.2) is 42.5 Å². The number of hydrogen-bond donors (Lipinski definition) is 2. The molecule has 0 aliphatic carbocycles. The molecule has 0 atom stereocenters. The van der Waals surface area contributed by atoms with Gasteiger partial charge in [-0.1, -0.05) is 30.3 Å². The van der Waals surface area contributed by atoms with Crippen LogP contribution < -0.4 is 20.1 Å². The summed E-state index contributed by atoms with van der Waals surface area (Å²) in [7, 11) is 3.20. The Hall–Kier alpha value is -2.53. The van der Waals surface area contributed by atoms with Crippen LogP contribution in [0.1, 0.15) is 23.1 Å². The van der Waals surface area contributed by atoms with Gasteiger partial charge in [0.15, 0.2) is 11.5 Å². The summed E-state index contributed by atoms with van der Waals surface area (Å²) in [4.78, 5) is 12.0. The van der Waals surface area contributed by atoms with Gasteiger partial charge in [0, 0.05) is 26.1 Å². The summed E-state index contributed by atoms with van der Waals surface area (Å²) >= 11 is 0. The molecule has 1 amide bonds. The topological polar surface area (TPSA) is 59.6 Å². The average Bonchev–Trinajstić information content (AvgIpc) is 2.64. The molecule has 0 aromatic heterocycles. The molecule has 0 saturated heterocycles. The molecule has 0 bridgehead atoms. The van der Waals surface area contributed by atoms with Crippen molar-refractivity contribution in [1.82, 2.24) is 10.6 Å². The Morgan fingerprint density at radius 2 is 1.76 bits per heavy atom. The van der Waals surface area contributed by atoms with Crippen LogP contribution in [0.4, 0.5) is 0 Å². The second-order valence-electron chi connectivity index (χ2n) is 5.82. The summed E-state index contributed by atoms with van der Waals surface area (Å²) in [5, 5.41) is 6.23. The van der Waals surface area contributed by atoms with Crippen molar-refractivity contribution in [2.24, 2.45) is 0 Å². The fourth-order valence-electron chi connectivity index (χ4n) is 2.51. The second kappa shape index (κ2) is 9.69. The zero-order valence-corrected chi connectivity index (χ0v) is 15.1. The lowest BCUT2D eigenvalue weighted by atomic mass is 10.1. The van der Waals surface area contributed by atoms with E-state index in [2.05, 4.69) is 29.7 Å². The number of ether oxygens (including phenoxy) is 2. The molecule has 0 fully saturated rings. The number of methoxy groups -OCH3 is 2. The van der Waals surface area contributed by atoms with Crippen molar-refractivity contribution in [3.63, 3.8) is 0 Å². The molecular weight excluding hydrogens is 316 g/mol. The Morgan fingerprint density at radius 1 is 1.00 bits per heavy atom. The van der Waals surface area contributed by atoms with Gasteiger partial charge in [-0.3, -0.25) is 4.79 Å². The van der Waals surface area contributed by atoms with E-state index in [4.69, 9.17) is 9.47 Å². The van der Waals surface area contributed by atoms with E-state index in [9.17, 15) is 4.79 Å². The molecule has 0 aliphatic rings. The van der Waals surface area contributed by atoms with Crippen molar-refractivity contribution >= 4 is 5.91 Å². The standard InChI is InChI=1S/C20H26N2O3/c1-15-6-4-5-7-17(15)14-21-11-10-20(23)22-13-16-8-9-18(24-2)19(12-16)25-3/h4-9,12,21H,10-11,13-14H2,1-3H3,(H,22,23). The molecule has 5 heteroatoms. The normalized spacial score (nSPS) is 10.4. The van der Waals surface area contributed by atoms with Crippen molar-refractivity contribution in [3.8, 4) is 11.5 Å². The highest BCUT2D eigenvalue weighted by Crippen LogP contribution is 2.27. The van der Waals surface area contributed by atoms with E-state index in [1.54, 1.807) is 14.2 Å². The molecule has 2 aromatic rings. The van der Waals surface area contributed by atoms with Gasteiger partial charge in [0.25, 0.3) is 0 Å². The number of hydrogen-bond acceptors (Lipinski definition) is 4. The SMILES string of the molecule is COc1ccc(CNC(=O)CCNCc2ccccc2C)cc1OC. The predicted octanol–water partition coefficient (Wildman–Crippen LogP) is 2.81. The third kappa shape index (κ3) is 5.80. The summed E-state index contributed by atoms with van der Waals surface area (Å²) in [6, 6.07) is 13.9. The minimum absolute atomic E-state index is 0.0204. The summed E-state index contributed by atoms with van der Waals surface area (Å²) in [6.45, 7) is 3.98. The van der Waals surface area contributed by atoms with Gasteiger partial charge in [0.1, 0.15) is 0 Å². The summed E-state index contributed by atoms with van der Waals surface area (Å²) in [6.07, 6.45) is 0.444.